The molecule has 1 aliphatic carbocycles. The highest BCUT2D eigenvalue weighted by Gasteiger charge is 2.48. The number of rotatable bonds is 10. The molecule has 1 N–H and O–H groups in total. The SMILES string of the molecule is COC1=CC(B(O)Oc2ccc(OC)c(OC)c2OC)=CC(OC)C1(OC)OC. The Hall–Kier alpha value is -2.40. The summed E-state index contributed by atoms with van der Waals surface area (Å²) in [6.07, 6.45) is 2.51. The van der Waals surface area contributed by atoms with Crippen molar-refractivity contribution in [1.82, 2.24) is 0 Å². The van der Waals surface area contributed by atoms with Crippen molar-refractivity contribution in [2.75, 3.05) is 49.8 Å². The van der Waals surface area contributed by atoms with Crippen molar-refractivity contribution in [2.24, 2.45) is 0 Å². The van der Waals surface area contributed by atoms with Gasteiger partial charge in [0.15, 0.2) is 11.5 Å². The monoisotopic (exact) mass is 410 g/mol. The van der Waals surface area contributed by atoms with E-state index in [1.165, 1.54) is 49.8 Å². The summed E-state index contributed by atoms with van der Waals surface area (Å²) in [5.74, 6) is 0.383. The summed E-state index contributed by atoms with van der Waals surface area (Å²) < 4.78 is 43.7. The first-order valence-corrected chi connectivity index (χ1v) is 8.70. The van der Waals surface area contributed by atoms with E-state index in [1.54, 1.807) is 24.3 Å². The standard InChI is InChI=1S/C19H27BO9/c1-22-13-8-9-14(18(26-5)17(13)25-4)29-20(21)12-10-15(23-2)19(27-6,28-7)16(11-12)24-3/h8-11,15,21H,1-7H3. The Morgan fingerprint density at radius 1 is 0.828 bits per heavy atom. The van der Waals surface area contributed by atoms with Crippen molar-refractivity contribution in [1.29, 1.82) is 0 Å². The Morgan fingerprint density at radius 3 is 1.90 bits per heavy atom. The van der Waals surface area contributed by atoms with E-state index in [9.17, 15) is 5.02 Å². The first kappa shape index (κ1) is 22.9. The molecule has 1 atom stereocenters. The molecule has 10 heteroatoms. The predicted molar refractivity (Wildman–Crippen MR) is 105 cm³/mol. The van der Waals surface area contributed by atoms with Crippen molar-refractivity contribution in [3.63, 3.8) is 0 Å². The number of ether oxygens (including phenoxy) is 7. The second-order valence-electron chi connectivity index (χ2n) is 5.91. The van der Waals surface area contributed by atoms with Crippen LogP contribution in [0.4, 0.5) is 0 Å². The predicted octanol–water partition coefficient (Wildman–Crippen LogP) is 1.59. The van der Waals surface area contributed by atoms with E-state index in [4.69, 9.17) is 37.8 Å². The van der Waals surface area contributed by atoms with Gasteiger partial charge in [0, 0.05) is 21.3 Å². The van der Waals surface area contributed by atoms with Crippen molar-refractivity contribution in [2.45, 2.75) is 11.9 Å². The Morgan fingerprint density at radius 2 is 1.41 bits per heavy atom. The molecule has 0 radical (unpaired) electrons. The molecule has 0 saturated carbocycles. The zero-order chi connectivity index (χ0) is 21.6. The molecule has 0 amide bonds. The van der Waals surface area contributed by atoms with Gasteiger partial charge in [-0.1, -0.05) is 0 Å². The summed E-state index contributed by atoms with van der Waals surface area (Å²) in [6, 6.07) is 3.25. The largest absolute Gasteiger partial charge is 0.560 e. The van der Waals surface area contributed by atoms with Crippen LogP contribution >= 0.6 is 0 Å². The van der Waals surface area contributed by atoms with Crippen molar-refractivity contribution in [3.8, 4) is 23.0 Å². The topological polar surface area (TPSA) is 94.1 Å². The fourth-order valence-electron chi connectivity index (χ4n) is 3.17. The van der Waals surface area contributed by atoms with E-state index >= 15 is 0 Å². The lowest BCUT2D eigenvalue weighted by Crippen LogP contribution is -2.50. The maximum atomic E-state index is 10.7. The summed E-state index contributed by atoms with van der Waals surface area (Å²) in [5.41, 5.74) is 0.385. The van der Waals surface area contributed by atoms with Crippen molar-refractivity contribution < 1.29 is 42.8 Å². The first-order chi connectivity index (χ1) is 14.0. The van der Waals surface area contributed by atoms with Gasteiger partial charge in [-0.25, -0.2) is 0 Å². The van der Waals surface area contributed by atoms with Crippen LogP contribution in [0, 0.1) is 0 Å². The van der Waals surface area contributed by atoms with Crippen LogP contribution in [0.5, 0.6) is 23.0 Å². The van der Waals surface area contributed by atoms with Crippen LogP contribution in [-0.4, -0.2) is 73.8 Å². The summed E-state index contributed by atoms with van der Waals surface area (Å²) >= 11 is 0. The molecule has 2 rings (SSSR count). The quantitative estimate of drug-likeness (QED) is 0.456. The van der Waals surface area contributed by atoms with E-state index in [2.05, 4.69) is 0 Å². The number of benzene rings is 1. The van der Waals surface area contributed by atoms with Gasteiger partial charge in [-0.15, -0.1) is 0 Å². The fraction of sp³-hybridized carbons (Fsp3) is 0.474. The van der Waals surface area contributed by atoms with Crippen LogP contribution in [0.2, 0.25) is 0 Å². The van der Waals surface area contributed by atoms with Crippen LogP contribution in [0.25, 0.3) is 0 Å². The highest BCUT2D eigenvalue weighted by molar-refractivity contribution is 6.54. The van der Waals surface area contributed by atoms with Gasteiger partial charge in [-0.2, -0.15) is 0 Å². The summed E-state index contributed by atoms with van der Waals surface area (Å²) in [4.78, 5) is 0. The summed E-state index contributed by atoms with van der Waals surface area (Å²) in [5, 5.41) is 10.7. The lowest BCUT2D eigenvalue weighted by molar-refractivity contribution is -0.246. The first-order valence-electron chi connectivity index (χ1n) is 8.70. The zero-order valence-electron chi connectivity index (χ0n) is 17.7. The van der Waals surface area contributed by atoms with Crippen LogP contribution in [0.1, 0.15) is 0 Å². The maximum Gasteiger partial charge on any atom is 0.560 e. The molecule has 0 aromatic heterocycles. The normalized spacial score (nSPS) is 17.7. The van der Waals surface area contributed by atoms with Crippen molar-refractivity contribution >= 4 is 7.12 Å². The molecule has 1 unspecified atom stereocenters. The number of methoxy groups -OCH3 is 7. The van der Waals surface area contributed by atoms with Gasteiger partial charge in [0.1, 0.15) is 11.9 Å². The number of hydrogen-bond acceptors (Lipinski definition) is 9. The van der Waals surface area contributed by atoms with E-state index in [1.807, 2.05) is 0 Å². The average molecular weight is 410 g/mol. The molecule has 0 heterocycles. The minimum Gasteiger partial charge on any atom is -0.530 e. The summed E-state index contributed by atoms with van der Waals surface area (Å²) in [6.45, 7) is 0. The zero-order valence-corrected chi connectivity index (χ0v) is 17.7. The highest BCUT2D eigenvalue weighted by Crippen LogP contribution is 2.44. The molecule has 1 aromatic carbocycles. The fourth-order valence-corrected chi connectivity index (χ4v) is 3.17. The van der Waals surface area contributed by atoms with Gasteiger partial charge in [0.05, 0.1) is 28.4 Å². The molecule has 0 aliphatic heterocycles. The number of allylic oxidation sites excluding steroid dienone is 2. The average Bonchev–Trinajstić information content (AvgIpc) is 2.77. The van der Waals surface area contributed by atoms with E-state index < -0.39 is 19.0 Å². The van der Waals surface area contributed by atoms with Crippen LogP contribution in [0.3, 0.4) is 0 Å². The minimum absolute atomic E-state index is 0.259. The van der Waals surface area contributed by atoms with Crippen LogP contribution in [0.15, 0.2) is 35.5 Å². The Kier molecular flexibility index (Phi) is 7.80. The Balaban J connectivity index is 2.40. The third-order valence-corrected chi connectivity index (χ3v) is 4.63. The molecule has 0 bridgehead atoms. The van der Waals surface area contributed by atoms with Crippen molar-refractivity contribution in [3.05, 3.63) is 35.5 Å². The van der Waals surface area contributed by atoms with Gasteiger partial charge in [-0.05, 0) is 29.8 Å². The Labute approximate surface area is 170 Å². The molecule has 1 aromatic rings. The molecular weight excluding hydrogens is 383 g/mol. The molecular formula is C19H27BO9. The lowest BCUT2D eigenvalue weighted by atomic mass is 9.74. The van der Waals surface area contributed by atoms with Gasteiger partial charge in [0.2, 0.25) is 11.5 Å². The summed E-state index contributed by atoms with van der Waals surface area (Å²) in [7, 11) is 9.01. The molecule has 160 valence electrons. The Bertz CT molecular complexity index is 758. The molecule has 1 aliphatic rings. The molecule has 9 nitrogen and oxygen atoms in total. The van der Waals surface area contributed by atoms with Gasteiger partial charge < -0.3 is 42.8 Å². The third-order valence-electron chi connectivity index (χ3n) is 4.63. The highest BCUT2D eigenvalue weighted by atomic mass is 16.7. The number of hydrogen-bond donors (Lipinski definition) is 1. The van der Waals surface area contributed by atoms with Gasteiger partial charge >= 0.3 is 7.12 Å². The van der Waals surface area contributed by atoms with E-state index in [0.717, 1.165) is 0 Å². The smallest absolute Gasteiger partial charge is 0.530 e. The molecule has 0 spiro atoms. The second kappa shape index (κ2) is 9.88. The second-order valence-corrected chi connectivity index (χ2v) is 5.91. The molecule has 29 heavy (non-hydrogen) atoms. The lowest BCUT2D eigenvalue weighted by Gasteiger charge is -2.39. The molecule has 0 fully saturated rings. The van der Waals surface area contributed by atoms with Crippen LogP contribution < -0.4 is 18.9 Å². The van der Waals surface area contributed by atoms with E-state index in [-0.39, 0.29) is 11.5 Å². The maximum absolute atomic E-state index is 10.7. The molecule has 0 saturated heterocycles. The van der Waals surface area contributed by atoms with Gasteiger partial charge in [0.25, 0.3) is 5.79 Å². The van der Waals surface area contributed by atoms with E-state index in [0.29, 0.717) is 22.7 Å². The van der Waals surface area contributed by atoms with Gasteiger partial charge in [-0.3, -0.25) is 0 Å². The third kappa shape index (κ3) is 4.15. The minimum atomic E-state index is -1.36. The van der Waals surface area contributed by atoms with Crippen LogP contribution in [-0.2, 0) is 18.9 Å².